The Morgan fingerprint density at radius 3 is 2.07 bits per heavy atom. The lowest BCUT2D eigenvalue weighted by atomic mass is 10.1. The predicted molar refractivity (Wildman–Crippen MR) is 115 cm³/mol. The van der Waals surface area contributed by atoms with E-state index in [0.29, 0.717) is 59.2 Å². The summed E-state index contributed by atoms with van der Waals surface area (Å²) < 4.78 is 21.2. The van der Waals surface area contributed by atoms with E-state index in [2.05, 4.69) is 5.32 Å². The van der Waals surface area contributed by atoms with Crippen LogP contribution in [0.3, 0.4) is 0 Å². The molecule has 0 aromatic heterocycles. The van der Waals surface area contributed by atoms with Gasteiger partial charge in [-0.05, 0) is 19.3 Å². The Labute approximate surface area is 181 Å². The van der Waals surface area contributed by atoms with Gasteiger partial charge in [0.15, 0.2) is 0 Å². The zero-order valence-electron chi connectivity index (χ0n) is 17.1. The van der Waals surface area contributed by atoms with Crippen LogP contribution in [0.15, 0.2) is 0 Å². The van der Waals surface area contributed by atoms with Crippen LogP contribution in [0, 0.1) is 0 Å². The van der Waals surface area contributed by atoms with Gasteiger partial charge in [0.05, 0.1) is 59.3 Å². The van der Waals surface area contributed by atoms with Crippen LogP contribution in [-0.4, -0.2) is 87.4 Å². The second-order valence-corrected chi connectivity index (χ2v) is 9.31. The number of hydrogen-bond donors (Lipinski definition) is 2. The molecule has 10 heteroatoms. The van der Waals surface area contributed by atoms with Gasteiger partial charge in [-0.3, -0.25) is 9.59 Å². The molecular formula is C19H35NO7S2. The Morgan fingerprint density at radius 1 is 0.862 bits per heavy atom. The lowest BCUT2D eigenvalue weighted by Gasteiger charge is -2.09. The number of amides is 1. The van der Waals surface area contributed by atoms with Crippen LogP contribution in [-0.2, 0) is 28.5 Å². The van der Waals surface area contributed by atoms with Crippen molar-refractivity contribution < 1.29 is 33.6 Å². The maximum absolute atomic E-state index is 11.7. The van der Waals surface area contributed by atoms with Crippen molar-refractivity contribution in [1.82, 2.24) is 5.32 Å². The van der Waals surface area contributed by atoms with E-state index < -0.39 is 5.97 Å². The number of carboxylic acid groups (broad SMARTS) is 1. The van der Waals surface area contributed by atoms with E-state index in [1.807, 2.05) is 21.6 Å². The average Bonchev–Trinajstić information content (AvgIpc) is 3.21. The lowest BCUT2D eigenvalue weighted by molar-refractivity contribution is -0.138. The molecule has 1 fully saturated rings. The molecule has 0 aromatic rings. The molecule has 0 unspecified atom stereocenters. The number of carbonyl (C=O) groups is 2. The maximum Gasteiger partial charge on any atom is 0.305 e. The van der Waals surface area contributed by atoms with Crippen molar-refractivity contribution >= 4 is 33.5 Å². The van der Waals surface area contributed by atoms with Crippen LogP contribution in [0.5, 0.6) is 0 Å². The number of unbranched alkanes of at least 4 members (excludes halogenated alkanes) is 1. The number of rotatable bonds is 20. The summed E-state index contributed by atoms with van der Waals surface area (Å²) in [5, 5.41) is 12.1. The van der Waals surface area contributed by atoms with Gasteiger partial charge in [-0.25, -0.2) is 0 Å². The summed E-state index contributed by atoms with van der Waals surface area (Å²) in [5.41, 5.74) is 0. The number of carbonyl (C=O) groups excluding carboxylic acids is 1. The Hall–Kier alpha value is -0.520. The molecule has 0 aliphatic carbocycles. The molecule has 1 saturated heterocycles. The molecule has 0 spiro atoms. The third-order valence-corrected chi connectivity index (χ3v) is 7.06. The molecule has 1 atom stereocenters. The molecule has 1 amide bonds. The SMILES string of the molecule is O=C(O)CCOCCOCCOCCOCCNC(=O)CCCC[C@@H]1CCSS1. The fourth-order valence-electron chi connectivity index (χ4n) is 2.49. The van der Waals surface area contributed by atoms with Crippen molar-refractivity contribution in [3.8, 4) is 0 Å². The van der Waals surface area contributed by atoms with Gasteiger partial charge < -0.3 is 29.4 Å². The van der Waals surface area contributed by atoms with E-state index in [9.17, 15) is 9.59 Å². The van der Waals surface area contributed by atoms with Crippen molar-refractivity contribution in [1.29, 1.82) is 0 Å². The first-order valence-electron chi connectivity index (χ1n) is 10.3. The standard InChI is InChI=1S/C19H35NO7S2/c21-18(4-2-1-3-17-6-16-28-29-17)20-7-9-25-11-13-27-15-14-26-12-10-24-8-5-19(22)23/h17H,1-16H2,(H,20,21)(H,22,23)/t17-/m1/s1. The van der Waals surface area contributed by atoms with E-state index in [0.717, 1.165) is 18.1 Å². The summed E-state index contributed by atoms with van der Waals surface area (Å²) in [5.74, 6) is 0.497. The smallest absolute Gasteiger partial charge is 0.305 e. The maximum atomic E-state index is 11.7. The Balaban J connectivity index is 1.71. The topological polar surface area (TPSA) is 103 Å². The van der Waals surface area contributed by atoms with Gasteiger partial charge in [-0.15, -0.1) is 0 Å². The normalized spacial score (nSPS) is 16.2. The zero-order chi connectivity index (χ0) is 21.0. The molecule has 0 aromatic carbocycles. The van der Waals surface area contributed by atoms with Crippen molar-refractivity contribution in [2.45, 2.75) is 43.8 Å². The molecule has 1 rings (SSSR count). The van der Waals surface area contributed by atoms with Gasteiger partial charge in [0.2, 0.25) is 5.91 Å². The van der Waals surface area contributed by atoms with Crippen molar-refractivity contribution in [2.24, 2.45) is 0 Å². The predicted octanol–water partition coefficient (Wildman–Crippen LogP) is 2.36. The van der Waals surface area contributed by atoms with Crippen molar-refractivity contribution in [3.05, 3.63) is 0 Å². The van der Waals surface area contributed by atoms with Gasteiger partial charge in [0, 0.05) is 24.0 Å². The highest BCUT2D eigenvalue weighted by molar-refractivity contribution is 8.77. The highest BCUT2D eigenvalue weighted by Crippen LogP contribution is 2.39. The van der Waals surface area contributed by atoms with Crippen LogP contribution < -0.4 is 5.32 Å². The van der Waals surface area contributed by atoms with Crippen LogP contribution in [0.4, 0.5) is 0 Å². The van der Waals surface area contributed by atoms with E-state index in [4.69, 9.17) is 24.1 Å². The number of carboxylic acids is 1. The minimum Gasteiger partial charge on any atom is -0.481 e. The van der Waals surface area contributed by atoms with Gasteiger partial charge in [0.1, 0.15) is 0 Å². The summed E-state index contributed by atoms with van der Waals surface area (Å²) in [6, 6.07) is 0. The highest BCUT2D eigenvalue weighted by Gasteiger charge is 2.15. The first kappa shape index (κ1) is 26.5. The number of aliphatic carboxylic acids is 1. The number of hydrogen-bond acceptors (Lipinski definition) is 8. The summed E-state index contributed by atoms with van der Waals surface area (Å²) >= 11 is 0. The molecule has 1 heterocycles. The molecule has 170 valence electrons. The minimum atomic E-state index is -0.868. The molecule has 0 bridgehead atoms. The van der Waals surface area contributed by atoms with Gasteiger partial charge in [-0.2, -0.15) is 0 Å². The van der Waals surface area contributed by atoms with E-state index in [-0.39, 0.29) is 18.9 Å². The summed E-state index contributed by atoms with van der Waals surface area (Å²) in [4.78, 5) is 22.0. The Morgan fingerprint density at radius 2 is 1.48 bits per heavy atom. The van der Waals surface area contributed by atoms with E-state index in [1.165, 1.54) is 18.6 Å². The average molecular weight is 454 g/mol. The van der Waals surface area contributed by atoms with Gasteiger partial charge >= 0.3 is 5.97 Å². The van der Waals surface area contributed by atoms with Crippen LogP contribution in [0.25, 0.3) is 0 Å². The second-order valence-electron chi connectivity index (χ2n) is 6.52. The molecular weight excluding hydrogens is 418 g/mol. The largest absolute Gasteiger partial charge is 0.481 e. The highest BCUT2D eigenvalue weighted by atomic mass is 33.1. The first-order chi connectivity index (χ1) is 14.2. The van der Waals surface area contributed by atoms with Crippen molar-refractivity contribution in [3.63, 3.8) is 0 Å². The molecule has 0 saturated carbocycles. The monoisotopic (exact) mass is 453 g/mol. The zero-order valence-corrected chi connectivity index (χ0v) is 18.7. The fraction of sp³-hybridized carbons (Fsp3) is 0.895. The van der Waals surface area contributed by atoms with Crippen molar-refractivity contribution in [2.75, 3.05) is 65.2 Å². The second kappa shape index (κ2) is 19.4. The number of ether oxygens (including phenoxy) is 4. The summed E-state index contributed by atoms with van der Waals surface area (Å²) in [7, 11) is 3.96. The van der Waals surface area contributed by atoms with Gasteiger partial charge in [-0.1, -0.05) is 28.0 Å². The number of nitrogens with one attached hydrogen (secondary N) is 1. The van der Waals surface area contributed by atoms with Crippen LogP contribution >= 0.6 is 21.6 Å². The molecule has 2 N–H and O–H groups in total. The van der Waals surface area contributed by atoms with Gasteiger partial charge in [0.25, 0.3) is 0 Å². The summed E-state index contributed by atoms with van der Waals surface area (Å²) in [6.07, 6.45) is 5.21. The lowest BCUT2D eigenvalue weighted by Crippen LogP contribution is -2.27. The fourth-order valence-corrected chi connectivity index (χ4v) is 5.52. The Kier molecular flexibility index (Phi) is 17.8. The molecule has 8 nitrogen and oxygen atoms in total. The third kappa shape index (κ3) is 18.0. The Bertz CT molecular complexity index is 423. The first-order valence-corrected chi connectivity index (χ1v) is 12.6. The third-order valence-electron chi connectivity index (χ3n) is 4.05. The molecule has 1 aliphatic heterocycles. The quantitative estimate of drug-likeness (QED) is 0.212. The minimum absolute atomic E-state index is 0.00580. The molecule has 1 aliphatic rings. The van der Waals surface area contributed by atoms with E-state index in [1.54, 1.807) is 0 Å². The van der Waals surface area contributed by atoms with Crippen LogP contribution in [0.1, 0.15) is 38.5 Å². The van der Waals surface area contributed by atoms with E-state index >= 15 is 0 Å². The molecule has 0 radical (unpaired) electrons. The van der Waals surface area contributed by atoms with Crippen LogP contribution in [0.2, 0.25) is 0 Å². The summed E-state index contributed by atoms with van der Waals surface area (Å²) in [6.45, 7) is 3.87. The molecule has 29 heavy (non-hydrogen) atoms.